The summed E-state index contributed by atoms with van der Waals surface area (Å²) in [5.74, 6) is 0.827. The van der Waals surface area contributed by atoms with E-state index >= 15 is 0 Å². The van der Waals surface area contributed by atoms with Crippen LogP contribution in [0.25, 0.3) is 0 Å². The van der Waals surface area contributed by atoms with Crippen molar-refractivity contribution in [2.45, 2.75) is 18.6 Å². The van der Waals surface area contributed by atoms with Gasteiger partial charge < -0.3 is 4.74 Å². The second-order valence-corrected chi connectivity index (χ2v) is 3.89. The third-order valence-electron chi connectivity index (χ3n) is 1.31. The van der Waals surface area contributed by atoms with Crippen molar-refractivity contribution in [2.24, 2.45) is 0 Å². The van der Waals surface area contributed by atoms with Gasteiger partial charge >= 0.3 is 0 Å². The predicted octanol–water partition coefficient (Wildman–Crippen LogP) is 2.07. The molecule has 0 aromatic carbocycles. The first-order valence-electron chi connectivity index (χ1n) is 3.52. The molecule has 0 fully saturated rings. The van der Waals surface area contributed by atoms with Gasteiger partial charge in [-0.05, 0) is 12.7 Å². The van der Waals surface area contributed by atoms with Crippen molar-refractivity contribution in [1.29, 1.82) is 0 Å². The van der Waals surface area contributed by atoms with Crippen LogP contribution < -0.4 is 0 Å². The lowest BCUT2D eigenvalue weighted by Gasteiger charge is -2.06. The van der Waals surface area contributed by atoms with Gasteiger partial charge in [-0.2, -0.15) is 24.4 Å². The van der Waals surface area contributed by atoms with Crippen LogP contribution in [0.5, 0.6) is 0 Å². The molecule has 0 heterocycles. The fourth-order valence-electron chi connectivity index (χ4n) is 0.534. The maximum Gasteiger partial charge on any atom is 0.0554 e. The van der Waals surface area contributed by atoms with E-state index in [-0.39, 0.29) is 0 Å². The van der Waals surface area contributed by atoms with Gasteiger partial charge in [-0.3, -0.25) is 0 Å². The summed E-state index contributed by atoms with van der Waals surface area (Å²) in [7, 11) is 0. The number of thiol groups is 1. The Balaban J connectivity index is 2.89. The SMILES string of the molecule is CSC(C)CCOCCS. The molecule has 1 nitrogen and oxygen atoms in total. The molecule has 1 unspecified atom stereocenters. The van der Waals surface area contributed by atoms with Crippen LogP contribution >= 0.6 is 24.4 Å². The fourth-order valence-corrected chi connectivity index (χ4v) is 0.995. The molecule has 0 aliphatic carbocycles. The van der Waals surface area contributed by atoms with Crippen molar-refractivity contribution < 1.29 is 4.74 Å². The zero-order valence-corrected chi connectivity index (χ0v) is 8.38. The third kappa shape index (κ3) is 6.78. The van der Waals surface area contributed by atoms with E-state index in [2.05, 4.69) is 25.8 Å². The zero-order valence-electron chi connectivity index (χ0n) is 6.67. The Morgan fingerprint density at radius 1 is 1.50 bits per heavy atom. The lowest BCUT2D eigenvalue weighted by atomic mass is 10.3. The monoisotopic (exact) mass is 180 g/mol. The van der Waals surface area contributed by atoms with E-state index in [1.165, 1.54) is 0 Å². The molecular formula is C7H16OS2. The first kappa shape index (κ1) is 10.7. The van der Waals surface area contributed by atoms with Crippen LogP contribution in [0.3, 0.4) is 0 Å². The highest BCUT2D eigenvalue weighted by Gasteiger charge is 1.97. The lowest BCUT2D eigenvalue weighted by molar-refractivity contribution is 0.148. The van der Waals surface area contributed by atoms with E-state index in [4.69, 9.17) is 4.74 Å². The number of thioether (sulfide) groups is 1. The van der Waals surface area contributed by atoms with Gasteiger partial charge in [-0.25, -0.2) is 0 Å². The van der Waals surface area contributed by atoms with Gasteiger partial charge in [0.15, 0.2) is 0 Å². The summed E-state index contributed by atoms with van der Waals surface area (Å²) in [6, 6.07) is 0. The topological polar surface area (TPSA) is 9.23 Å². The van der Waals surface area contributed by atoms with Crippen LogP contribution in [0.4, 0.5) is 0 Å². The van der Waals surface area contributed by atoms with Crippen molar-refractivity contribution in [3.05, 3.63) is 0 Å². The summed E-state index contributed by atoms with van der Waals surface area (Å²) in [4.78, 5) is 0. The van der Waals surface area contributed by atoms with Crippen molar-refractivity contribution in [2.75, 3.05) is 25.2 Å². The average Bonchev–Trinajstić information content (AvgIpc) is 1.98. The Morgan fingerprint density at radius 2 is 2.20 bits per heavy atom. The summed E-state index contributed by atoms with van der Waals surface area (Å²) in [6.07, 6.45) is 3.28. The van der Waals surface area contributed by atoms with E-state index < -0.39 is 0 Å². The first-order valence-corrected chi connectivity index (χ1v) is 5.44. The van der Waals surface area contributed by atoms with Crippen LogP contribution in [0.15, 0.2) is 0 Å². The van der Waals surface area contributed by atoms with Gasteiger partial charge in [0.2, 0.25) is 0 Å². The van der Waals surface area contributed by atoms with Gasteiger partial charge in [0.25, 0.3) is 0 Å². The second-order valence-electron chi connectivity index (χ2n) is 2.17. The summed E-state index contributed by atoms with van der Waals surface area (Å²) < 4.78 is 5.27. The molecule has 0 spiro atoms. The van der Waals surface area contributed by atoms with E-state index in [1.54, 1.807) is 0 Å². The Kier molecular flexibility index (Phi) is 8.28. The summed E-state index contributed by atoms with van der Waals surface area (Å²) >= 11 is 5.92. The van der Waals surface area contributed by atoms with Gasteiger partial charge in [-0.1, -0.05) is 6.92 Å². The molecule has 3 heteroatoms. The highest BCUT2D eigenvalue weighted by Crippen LogP contribution is 2.08. The van der Waals surface area contributed by atoms with Crippen molar-refractivity contribution in [3.8, 4) is 0 Å². The normalized spacial score (nSPS) is 13.5. The maximum absolute atomic E-state index is 5.27. The van der Waals surface area contributed by atoms with Crippen LogP contribution in [-0.4, -0.2) is 30.5 Å². The third-order valence-corrected chi connectivity index (χ3v) is 2.53. The minimum absolute atomic E-state index is 0.722. The Bertz CT molecular complexity index is 68.6. The van der Waals surface area contributed by atoms with Crippen molar-refractivity contribution in [1.82, 2.24) is 0 Å². The van der Waals surface area contributed by atoms with Crippen molar-refractivity contribution in [3.63, 3.8) is 0 Å². The van der Waals surface area contributed by atoms with Gasteiger partial charge in [0.05, 0.1) is 6.61 Å². The average molecular weight is 180 g/mol. The molecule has 0 aliphatic heterocycles. The summed E-state index contributed by atoms with van der Waals surface area (Å²) in [5.41, 5.74) is 0. The van der Waals surface area contributed by atoms with E-state index in [0.29, 0.717) is 0 Å². The standard InChI is InChI=1S/C7H16OS2/c1-7(10-2)3-4-8-5-6-9/h7,9H,3-6H2,1-2H3. The van der Waals surface area contributed by atoms with E-state index in [1.807, 2.05) is 11.8 Å². The molecule has 62 valence electrons. The molecule has 0 amide bonds. The molecule has 1 atom stereocenters. The lowest BCUT2D eigenvalue weighted by Crippen LogP contribution is -2.04. The molecule has 0 radical (unpaired) electrons. The molecule has 0 aromatic rings. The largest absolute Gasteiger partial charge is 0.381 e. The Hall–Kier alpha value is 0.660. The Labute approximate surface area is 73.3 Å². The summed E-state index contributed by atoms with van der Waals surface area (Å²) in [6.45, 7) is 3.88. The van der Waals surface area contributed by atoms with E-state index in [0.717, 1.165) is 30.6 Å². The minimum atomic E-state index is 0.722. The molecule has 0 rings (SSSR count). The maximum atomic E-state index is 5.27. The first-order chi connectivity index (χ1) is 4.81. The van der Waals surface area contributed by atoms with Gasteiger partial charge in [-0.15, -0.1) is 0 Å². The van der Waals surface area contributed by atoms with Crippen molar-refractivity contribution >= 4 is 24.4 Å². The minimum Gasteiger partial charge on any atom is -0.381 e. The highest BCUT2D eigenvalue weighted by atomic mass is 32.2. The zero-order chi connectivity index (χ0) is 7.82. The number of hydrogen-bond donors (Lipinski definition) is 1. The quantitative estimate of drug-likeness (QED) is 0.495. The second kappa shape index (κ2) is 7.76. The van der Waals surface area contributed by atoms with Crippen LogP contribution in [0.1, 0.15) is 13.3 Å². The Morgan fingerprint density at radius 3 is 2.70 bits per heavy atom. The predicted molar refractivity (Wildman–Crippen MR) is 52.3 cm³/mol. The van der Waals surface area contributed by atoms with E-state index in [9.17, 15) is 0 Å². The number of ether oxygens (including phenoxy) is 1. The van der Waals surface area contributed by atoms with Crippen LogP contribution in [0.2, 0.25) is 0 Å². The fraction of sp³-hybridized carbons (Fsp3) is 1.00. The summed E-state index contributed by atoms with van der Waals surface area (Å²) in [5, 5.41) is 0.722. The smallest absolute Gasteiger partial charge is 0.0554 e. The molecule has 0 aliphatic rings. The molecule has 0 aromatic heterocycles. The molecule has 0 bridgehead atoms. The molecular weight excluding hydrogens is 164 g/mol. The van der Waals surface area contributed by atoms with Gasteiger partial charge in [0.1, 0.15) is 0 Å². The molecule has 10 heavy (non-hydrogen) atoms. The molecule has 0 saturated carbocycles. The molecule has 0 N–H and O–H groups in total. The molecule has 0 saturated heterocycles. The van der Waals surface area contributed by atoms with Crippen LogP contribution in [-0.2, 0) is 4.74 Å². The number of hydrogen-bond acceptors (Lipinski definition) is 3. The van der Waals surface area contributed by atoms with Gasteiger partial charge in [0, 0.05) is 17.6 Å². The number of rotatable bonds is 6. The van der Waals surface area contributed by atoms with Crippen LogP contribution in [0, 0.1) is 0 Å². The highest BCUT2D eigenvalue weighted by molar-refractivity contribution is 7.99.